The molecule has 0 aromatic carbocycles. The Morgan fingerprint density at radius 3 is 2.75 bits per heavy atom. The van der Waals surface area contributed by atoms with Gasteiger partial charge in [0.1, 0.15) is 12.2 Å². The van der Waals surface area contributed by atoms with Crippen molar-refractivity contribution in [2.75, 3.05) is 7.05 Å². The molecule has 2 rings (SSSR count). The molecule has 0 saturated carbocycles. The second kappa shape index (κ2) is 6.00. The highest BCUT2D eigenvalue weighted by Crippen LogP contribution is 2.11. The van der Waals surface area contributed by atoms with Gasteiger partial charge in [-0.3, -0.25) is 9.69 Å². The maximum atomic E-state index is 11.4. The van der Waals surface area contributed by atoms with Crippen LogP contribution in [-0.4, -0.2) is 37.1 Å². The number of aromatic nitrogens is 4. The van der Waals surface area contributed by atoms with Crippen LogP contribution in [0.25, 0.3) is 0 Å². The van der Waals surface area contributed by atoms with Crippen LogP contribution in [0, 0.1) is 0 Å². The minimum atomic E-state index is 0.0974. The molecule has 0 unspecified atom stereocenters. The van der Waals surface area contributed by atoms with Crippen molar-refractivity contribution in [1.82, 2.24) is 24.2 Å². The number of ketones is 1. The third kappa shape index (κ3) is 3.14. The molecule has 0 saturated heterocycles. The summed E-state index contributed by atoms with van der Waals surface area (Å²) >= 11 is 0. The number of nitrogens with zero attached hydrogens (tertiary/aromatic N) is 5. The van der Waals surface area contributed by atoms with Crippen molar-refractivity contribution >= 4 is 5.78 Å². The summed E-state index contributed by atoms with van der Waals surface area (Å²) in [6.07, 6.45) is 3.62. The van der Waals surface area contributed by atoms with Crippen LogP contribution in [0.2, 0.25) is 0 Å². The first-order chi connectivity index (χ1) is 9.51. The lowest BCUT2D eigenvalue weighted by Gasteiger charge is -2.16. The van der Waals surface area contributed by atoms with E-state index in [-0.39, 0.29) is 5.78 Å². The minimum Gasteiger partial charge on any atom is -0.353 e. The van der Waals surface area contributed by atoms with Gasteiger partial charge in [-0.2, -0.15) is 0 Å². The van der Waals surface area contributed by atoms with Crippen LogP contribution in [0.15, 0.2) is 18.6 Å². The normalized spacial score (nSPS) is 11.2. The third-order valence-electron chi connectivity index (χ3n) is 3.39. The summed E-state index contributed by atoms with van der Waals surface area (Å²) in [5, 5.41) is 8.07. The van der Waals surface area contributed by atoms with E-state index in [1.54, 1.807) is 13.3 Å². The molecule has 0 radical (unpaired) electrons. The monoisotopic (exact) mass is 275 g/mol. The van der Waals surface area contributed by atoms with Crippen LogP contribution in [0.4, 0.5) is 0 Å². The highest BCUT2D eigenvalue weighted by atomic mass is 16.1. The van der Waals surface area contributed by atoms with Gasteiger partial charge in [-0.15, -0.1) is 10.2 Å². The number of Topliss-reactive ketones (excluding diaryl/α,β-unsaturated/α-hetero) is 1. The van der Waals surface area contributed by atoms with E-state index in [0.29, 0.717) is 0 Å². The molecular formula is C14H21N5O. The van der Waals surface area contributed by atoms with Gasteiger partial charge < -0.3 is 9.13 Å². The topological polar surface area (TPSA) is 56.0 Å². The van der Waals surface area contributed by atoms with E-state index in [1.807, 2.05) is 35.5 Å². The van der Waals surface area contributed by atoms with Crippen molar-refractivity contribution in [1.29, 1.82) is 0 Å². The molecule has 20 heavy (non-hydrogen) atoms. The van der Waals surface area contributed by atoms with Crippen LogP contribution in [0.1, 0.15) is 35.7 Å². The molecule has 0 aliphatic rings. The Hall–Kier alpha value is -1.95. The smallest absolute Gasteiger partial charge is 0.161 e. The molecular weight excluding hydrogens is 254 g/mol. The summed E-state index contributed by atoms with van der Waals surface area (Å²) in [5.74, 6) is 1.05. The molecule has 0 atom stereocenters. The lowest BCUT2D eigenvalue weighted by atomic mass is 10.2. The second-order valence-electron chi connectivity index (χ2n) is 5.09. The molecule has 0 amide bonds. The van der Waals surface area contributed by atoms with Gasteiger partial charge in [0.2, 0.25) is 0 Å². The van der Waals surface area contributed by atoms with E-state index in [4.69, 9.17) is 0 Å². The fourth-order valence-corrected chi connectivity index (χ4v) is 2.20. The molecule has 2 aromatic heterocycles. The minimum absolute atomic E-state index is 0.0974. The summed E-state index contributed by atoms with van der Waals surface area (Å²) in [7, 11) is 4.00. The quantitative estimate of drug-likeness (QED) is 0.749. The highest BCUT2D eigenvalue weighted by molar-refractivity contribution is 5.94. The van der Waals surface area contributed by atoms with Crippen LogP contribution in [-0.2, 0) is 26.7 Å². The number of hydrogen-bond donors (Lipinski definition) is 0. The molecule has 2 aromatic rings. The first kappa shape index (κ1) is 14.5. The molecule has 108 valence electrons. The molecule has 2 heterocycles. The molecule has 0 aliphatic heterocycles. The van der Waals surface area contributed by atoms with Crippen LogP contribution in [0.5, 0.6) is 0 Å². The largest absolute Gasteiger partial charge is 0.353 e. The molecule has 6 heteroatoms. The first-order valence-electron chi connectivity index (χ1n) is 6.72. The van der Waals surface area contributed by atoms with E-state index in [2.05, 4.69) is 22.0 Å². The Morgan fingerprint density at radius 1 is 1.40 bits per heavy atom. The predicted octanol–water partition coefficient (Wildman–Crippen LogP) is 1.47. The van der Waals surface area contributed by atoms with Crippen LogP contribution in [0.3, 0.4) is 0 Å². The van der Waals surface area contributed by atoms with Crippen molar-refractivity contribution in [2.24, 2.45) is 7.05 Å². The summed E-state index contributed by atoms with van der Waals surface area (Å²) in [6, 6.07) is 1.95. The van der Waals surface area contributed by atoms with E-state index in [1.165, 1.54) is 0 Å². The van der Waals surface area contributed by atoms with Gasteiger partial charge in [-0.25, -0.2) is 0 Å². The van der Waals surface area contributed by atoms with Gasteiger partial charge in [0.05, 0.1) is 6.54 Å². The third-order valence-corrected chi connectivity index (χ3v) is 3.39. The highest BCUT2D eigenvalue weighted by Gasteiger charge is 2.11. The maximum absolute atomic E-state index is 11.4. The van der Waals surface area contributed by atoms with Crippen molar-refractivity contribution in [3.05, 3.63) is 35.7 Å². The molecule has 0 N–H and O–H groups in total. The number of hydrogen-bond acceptors (Lipinski definition) is 4. The number of carbonyl (C=O) groups excluding carboxylic acids is 1. The van der Waals surface area contributed by atoms with Gasteiger partial charge in [-0.1, -0.05) is 0 Å². The Kier molecular flexibility index (Phi) is 4.34. The van der Waals surface area contributed by atoms with E-state index < -0.39 is 0 Å². The Morgan fingerprint density at radius 2 is 2.15 bits per heavy atom. The zero-order valence-corrected chi connectivity index (χ0v) is 12.5. The molecule has 0 fully saturated rings. The number of carbonyl (C=O) groups is 1. The fraction of sp³-hybridized carbons (Fsp3) is 0.500. The zero-order chi connectivity index (χ0) is 14.7. The maximum Gasteiger partial charge on any atom is 0.161 e. The molecule has 0 spiro atoms. The van der Waals surface area contributed by atoms with Gasteiger partial charge in [0, 0.05) is 37.6 Å². The van der Waals surface area contributed by atoms with Crippen LogP contribution >= 0.6 is 0 Å². The van der Waals surface area contributed by atoms with Crippen LogP contribution < -0.4 is 0 Å². The van der Waals surface area contributed by atoms with Crippen molar-refractivity contribution < 1.29 is 4.79 Å². The molecule has 0 aliphatic carbocycles. The van der Waals surface area contributed by atoms with Gasteiger partial charge >= 0.3 is 0 Å². The zero-order valence-electron chi connectivity index (χ0n) is 12.5. The first-order valence-corrected chi connectivity index (χ1v) is 6.72. The molecule has 0 bridgehead atoms. The summed E-state index contributed by atoms with van der Waals surface area (Å²) in [4.78, 5) is 13.6. The average Bonchev–Trinajstić information content (AvgIpc) is 2.97. The van der Waals surface area contributed by atoms with Gasteiger partial charge in [0.25, 0.3) is 0 Å². The summed E-state index contributed by atoms with van der Waals surface area (Å²) in [5.41, 5.74) is 1.87. The van der Waals surface area contributed by atoms with E-state index >= 15 is 0 Å². The van der Waals surface area contributed by atoms with Gasteiger partial charge in [-0.05, 0) is 27.0 Å². The summed E-state index contributed by atoms with van der Waals surface area (Å²) < 4.78 is 4.03. The van der Waals surface area contributed by atoms with Crippen molar-refractivity contribution in [2.45, 2.75) is 33.5 Å². The fourth-order valence-electron chi connectivity index (χ4n) is 2.20. The SMILES string of the molecule is CCn1cnnc1CN(C)Cc1cc(C(C)=O)cn1C. The van der Waals surface area contributed by atoms with Gasteiger partial charge in [0.15, 0.2) is 5.78 Å². The van der Waals surface area contributed by atoms with E-state index in [0.717, 1.165) is 36.7 Å². The Labute approximate surface area is 119 Å². The Bertz CT molecular complexity index is 598. The lowest BCUT2D eigenvalue weighted by Crippen LogP contribution is -2.21. The van der Waals surface area contributed by atoms with E-state index in [9.17, 15) is 4.79 Å². The lowest BCUT2D eigenvalue weighted by molar-refractivity contribution is 0.101. The average molecular weight is 275 g/mol. The molecule has 6 nitrogen and oxygen atoms in total. The second-order valence-corrected chi connectivity index (χ2v) is 5.09. The number of rotatable bonds is 6. The van der Waals surface area contributed by atoms with Crippen molar-refractivity contribution in [3.8, 4) is 0 Å². The Balaban J connectivity index is 2.04. The standard InChI is InChI=1S/C14H21N5O/c1-5-19-10-15-16-14(19)9-17(3)8-13-6-12(11(2)20)7-18(13)4/h6-7,10H,5,8-9H2,1-4H3. The van der Waals surface area contributed by atoms with Crippen molar-refractivity contribution in [3.63, 3.8) is 0 Å². The summed E-state index contributed by atoms with van der Waals surface area (Å²) in [6.45, 7) is 6.03. The number of aryl methyl sites for hydroxylation is 2. The predicted molar refractivity (Wildman–Crippen MR) is 76.3 cm³/mol.